The van der Waals surface area contributed by atoms with Crippen molar-refractivity contribution in [3.05, 3.63) is 0 Å². The molecule has 1 saturated carbocycles. The zero-order valence-corrected chi connectivity index (χ0v) is 5.89. The van der Waals surface area contributed by atoms with E-state index >= 15 is 0 Å². The van der Waals surface area contributed by atoms with E-state index in [1.165, 1.54) is 6.92 Å². The molecule has 10 heavy (non-hydrogen) atoms. The minimum Gasteiger partial charge on any atom is -0.376 e. The van der Waals surface area contributed by atoms with Crippen LogP contribution in [0.3, 0.4) is 0 Å². The fraction of sp³-hybridized carbons (Fsp3) is 0.625. The molecule has 2 nitrogen and oxygen atoms in total. The van der Waals surface area contributed by atoms with Gasteiger partial charge in [0.25, 0.3) is 0 Å². The highest BCUT2D eigenvalue weighted by Gasteiger charge is 2.56. The lowest BCUT2D eigenvalue weighted by molar-refractivity contribution is 0.0684. The average Bonchev–Trinajstić information content (AvgIpc) is 2.67. The van der Waals surface area contributed by atoms with Crippen molar-refractivity contribution in [1.82, 2.24) is 0 Å². The van der Waals surface area contributed by atoms with Crippen molar-refractivity contribution in [2.24, 2.45) is 5.41 Å². The van der Waals surface area contributed by atoms with Crippen molar-refractivity contribution in [3.63, 3.8) is 0 Å². The van der Waals surface area contributed by atoms with Crippen LogP contribution in [0.2, 0.25) is 0 Å². The number of hydrogen-bond donors (Lipinski definition) is 1. The van der Waals surface area contributed by atoms with Crippen molar-refractivity contribution >= 4 is 0 Å². The second kappa shape index (κ2) is 1.75. The summed E-state index contributed by atoms with van der Waals surface area (Å²) in [5.74, 6) is 2.23. The van der Waals surface area contributed by atoms with Crippen LogP contribution in [0.25, 0.3) is 0 Å². The fourth-order valence-corrected chi connectivity index (χ4v) is 0.971. The molecule has 0 bridgehead atoms. The number of hydrogen-bond acceptors (Lipinski definition) is 2. The molecule has 0 radical (unpaired) electrons. The molecule has 0 heterocycles. The quantitative estimate of drug-likeness (QED) is 0.537. The predicted octanol–water partition coefficient (Wildman–Crippen LogP) is 0.674. The number of rotatable bonds is 1. The van der Waals surface area contributed by atoms with Gasteiger partial charge < -0.3 is 5.11 Å². The Labute approximate surface area is 60.5 Å². The fourth-order valence-electron chi connectivity index (χ4n) is 0.971. The Balaban J connectivity index is 2.87. The standard InChI is InChI=1S/C8H9NO/c1-3-7(2,10)8(6-9)4-5-8/h1,10H,4-5H2,2H3/t7-/m1/s1. The zero-order chi connectivity index (χ0) is 7.83. The number of terminal acetylenes is 1. The largest absolute Gasteiger partial charge is 0.376 e. The SMILES string of the molecule is C#C[C@@](C)(O)C1(C#N)CC1. The maximum absolute atomic E-state index is 9.45. The Kier molecular flexibility index (Phi) is 1.24. The summed E-state index contributed by atoms with van der Waals surface area (Å²) in [6.45, 7) is 1.52. The first-order valence-corrected chi connectivity index (χ1v) is 3.19. The van der Waals surface area contributed by atoms with Crippen molar-refractivity contribution in [2.75, 3.05) is 0 Å². The molecule has 0 saturated heterocycles. The summed E-state index contributed by atoms with van der Waals surface area (Å²) >= 11 is 0. The molecule has 0 spiro atoms. The van der Waals surface area contributed by atoms with Gasteiger partial charge in [-0.05, 0) is 19.8 Å². The van der Waals surface area contributed by atoms with Gasteiger partial charge >= 0.3 is 0 Å². The number of nitrogens with zero attached hydrogens (tertiary/aromatic N) is 1. The predicted molar refractivity (Wildman–Crippen MR) is 36.7 cm³/mol. The lowest BCUT2D eigenvalue weighted by atomic mass is 9.88. The monoisotopic (exact) mass is 135 g/mol. The van der Waals surface area contributed by atoms with Gasteiger partial charge in [0.1, 0.15) is 5.60 Å². The van der Waals surface area contributed by atoms with Gasteiger partial charge in [0.15, 0.2) is 0 Å². The molecule has 0 amide bonds. The topological polar surface area (TPSA) is 44.0 Å². The highest BCUT2D eigenvalue weighted by molar-refractivity contribution is 5.27. The average molecular weight is 135 g/mol. The third-order valence-corrected chi connectivity index (χ3v) is 2.18. The summed E-state index contributed by atoms with van der Waals surface area (Å²) in [6.07, 6.45) is 6.50. The van der Waals surface area contributed by atoms with E-state index in [1.807, 2.05) is 0 Å². The van der Waals surface area contributed by atoms with Crippen LogP contribution < -0.4 is 0 Å². The van der Waals surface area contributed by atoms with Gasteiger partial charge in [0, 0.05) is 0 Å². The first-order valence-electron chi connectivity index (χ1n) is 3.19. The first-order chi connectivity index (χ1) is 4.58. The number of nitriles is 1. The van der Waals surface area contributed by atoms with E-state index in [0.29, 0.717) is 0 Å². The molecule has 1 fully saturated rings. The molecule has 1 aliphatic carbocycles. The Morgan fingerprint density at radius 1 is 1.70 bits per heavy atom. The molecule has 1 rings (SSSR count). The molecule has 52 valence electrons. The van der Waals surface area contributed by atoms with Gasteiger partial charge in [0.2, 0.25) is 0 Å². The Morgan fingerprint density at radius 2 is 2.20 bits per heavy atom. The third-order valence-electron chi connectivity index (χ3n) is 2.18. The molecular weight excluding hydrogens is 126 g/mol. The molecule has 0 aromatic heterocycles. The molecule has 1 atom stereocenters. The van der Waals surface area contributed by atoms with E-state index in [2.05, 4.69) is 12.0 Å². The normalized spacial score (nSPS) is 25.6. The molecule has 0 aromatic rings. The molecule has 1 N–H and O–H groups in total. The summed E-state index contributed by atoms with van der Waals surface area (Å²) in [6, 6.07) is 2.05. The molecule has 0 unspecified atom stereocenters. The van der Waals surface area contributed by atoms with Crippen LogP contribution in [0, 0.1) is 29.1 Å². The van der Waals surface area contributed by atoms with E-state index in [4.69, 9.17) is 11.7 Å². The molecule has 0 aromatic carbocycles. The first kappa shape index (κ1) is 7.12. The van der Waals surface area contributed by atoms with Crippen molar-refractivity contribution in [1.29, 1.82) is 5.26 Å². The van der Waals surface area contributed by atoms with Crippen molar-refractivity contribution in [2.45, 2.75) is 25.4 Å². The second-order valence-electron chi connectivity index (χ2n) is 2.91. The summed E-state index contributed by atoms with van der Waals surface area (Å²) in [7, 11) is 0. The lowest BCUT2D eigenvalue weighted by Crippen LogP contribution is -2.33. The van der Waals surface area contributed by atoms with E-state index in [-0.39, 0.29) is 0 Å². The summed E-state index contributed by atoms with van der Waals surface area (Å²) in [4.78, 5) is 0. The van der Waals surface area contributed by atoms with Crippen molar-refractivity contribution in [3.8, 4) is 18.4 Å². The number of aliphatic hydroxyl groups is 1. The van der Waals surface area contributed by atoms with E-state index in [1.54, 1.807) is 0 Å². The molecule has 2 heteroatoms. The smallest absolute Gasteiger partial charge is 0.140 e. The van der Waals surface area contributed by atoms with Gasteiger partial charge in [-0.15, -0.1) is 6.42 Å². The minimum absolute atomic E-state index is 0.637. The van der Waals surface area contributed by atoms with Gasteiger partial charge in [-0.25, -0.2) is 0 Å². The zero-order valence-electron chi connectivity index (χ0n) is 5.89. The van der Waals surface area contributed by atoms with Crippen LogP contribution in [0.4, 0.5) is 0 Å². The third kappa shape index (κ3) is 0.701. The Morgan fingerprint density at radius 3 is 2.30 bits per heavy atom. The van der Waals surface area contributed by atoms with Crippen LogP contribution in [-0.4, -0.2) is 10.7 Å². The molecule has 1 aliphatic rings. The van der Waals surface area contributed by atoms with E-state index < -0.39 is 11.0 Å². The van der Waals surface area contributed by atoms with Gasteiger partial charge in [-0.3, -0.25) is 0 Å². The highest BCUT2D eigenvalue weighted by atomic mass is 16.3. The van der Waals surface area contributed by atoms with Crippen LogP contribution in [-0.2, 0) is 0 Å². The maximum Gasteiger partial charge on any atom is 0.140 e. The van der Waals surface area contributed by atoms with Crippen LogP contribution in [0.1, 0.15) is 19.8 Å². The van der Waals surface area contributed by atoms with E-state index in [0.717, 1.165) is 12.8 Å². The molecular formula is C8H9NO. The van der Waals surface area contributed by atoms with Gasteiger partial charge in [-0.2, -0.15) is 5.26 Å². The Bertz CT molecular complexity index is 211. The van der Waals surface area contributed by atoms with Crippen LogP contribution in [0.5, 0.6) is 0 Å². The van der Waals surface area contributed by atoms with E-state index in [9.17, 15) is 5.11 Å². The van der Waals surface area contributed by atoms with Crippen LogP contribution in [0.15, 0.2) is 0 Å². The van der Waals surface area contributed by atoms with Gasteiger partial charge in [-0.1, -0.05) is 5.92 Å². The summed E-state index contributed by atoms with van der Waals surface area (Å²) < 4.78 is 0. The highest BCUT2D eigenvalue weighted by Crippen LogP contribution is 2.53. The van der Waals surface area contributed by atoms with Crippen molar-refractivity contribution < 1.29 is 5.11 Å². The minimum atomic E-state index is -1.23. The second-order valence-corrected chi connectivity index (χ2v) is 2.91. The Hall–Kier alpha value is -0.990. The maximum atomic E-state index is 9.45. The molecule has 0 aliphatic heterocycles. The van der Waals surface area contributed by atoms with Gasteiger partial charge in [0.05, 0.1) is 11.5 Å². The summed E-state index contributed by atoms with van der Waals surface area (Å²) in [5.41, 5.74) is -1.87. The summed E-state index contributed by atoms with van der Waals surface area (Å²) in [5, 5.41) is 18.1. The lowest BCUT2D eigenvalue weighted by Gasteiger charge is -2.20. The van der Waals surface area contributed by atoms with Crippen LogP contribution >= 0.6 is 0 Å².